The largest absolute Gasteiger partial charge is 0.481 e. The lowest BCUT2D eigenvalue weighted by Crippen LogP contribution is -2.14. The number of aliphatic hydroxyl groups is 1. The van der Waals surface area contributed by atoms with Gasteiger partial charge in [0.25, 0.3) is 0 Å². The van der Waals surface area contributed by atoms with Crippen LogP contribution in [0.2, 0.25) is 0 Å². The molecule has 30 heavy (non-hydrogen) atoms. The summed E-state index contributed by atoms with van der Waals surface area (Å²) in [4.78, 5) is 15.1. The fourth-order valence-corrected chi connectivity index (χ4v) is 3.80. The van der Waals surface area contributed by atoms with Crippen molar-refractivity contribution in [3.05, 3.63) is 53.6 Å². The van der Waals surface area contributed by atoms with Gasteiger partial charge in [0.15, 0.2) is 5.65 Å². The highest BCUT2D eigenvalue weighted by Gasteiger charge is 2.19. The van der Waals surface area contributed by atoms with E-state index in [0.717, 1.165) is 18.2 Å². The minimum absolute atomic E-state index is 0.127. The van der Waals surface area contributed by atoms with Crippen LogP contribution in [-0.4, -0.2) is 43.7 Å². The van der Waals surface area contributed by atoms with Gasteiger partial charge in [-0.2, -0.15) is 5.10 Å². The predicted octanol–water partition coefficient (Wildman–Crippen LogP) is 3.57. The van der Waals surface area contributed by atoms with Crippen LogP contribution in [-0.2, 0) is 16.0 Å². The quantitative estimate of drug-likeness (QED) is 0.586. The molecule has 0 spiro atoms. The van der Waals surface area contributed by atoms with E-state index in [4.69, 9.17) is 9.84 Å². The summed E-state index contributed by atoms with van der Waals surface area (Å²) in [5.74, 6) is -1.44. The monoisotopic (exact) mass is 413 g/mol. The summed E-state index contributed by atoms with van der Waals surface area (Å²) in [6.45, 7) is 0.231. The van der Waals surface area contributed by atoms with Gasteiger partial charge in [0, 0.05) is 23.6 Å². The molecule has 1 aliphatic rings. The molecule has 1 aliphatic carbocycles. The number of aryl methyl sites for hydroxylation is 1. The number of carbonyl (C=O) groups is 1. The molecule has 0 saturated heterocycles. The molecule has 0 bridgehead atoms. The topological polar surface area (TPSA) is 97.5 Å². The van der Waals surface area contributed by atoms with E-state index in [2.05, 4.69) is 10.1 Å². The summed E-state index contributed by atoms with van der Waals surface area (Å²) in [5.41, 5.74) is 2.03. The average Bonchev–Trinajstić information content (AvgIpc) is 3.40. The lowest BCUT2D eigenvalue weighted by atomic mass is 10.1. The van der Waals surface area contributed by atoms with Crippen molar-refractivity contribution in [2.24, 2.45) is 0 Å². The normalized spacial score (nSPS) is 15.7. The number of halogens is 1. The van der Waals surface area contributed by atoms with Gasteiger partial charge in [-0.1, -0.05) is 18.9 Å². The van der Waals surface area contributed by atoms with Crippen molar-refractivity contribution in [1.29, 1.82) is 0 Å². The van der Waals surface area contributed by atoms with Crippen molar-refractivity contribution in [2.45, 2.75) is 50.7 Å². The number of hydrogen-bond acceptors (Lipinski definition) is 5. The Labute approximate surface area is 173 Å². The Bertz CT molecular complexity index is 1050. The highest BCUT2D eigenvalue weighted by Crippen LogP contribution is 2.25. The van der Waals surface area contributed by atoms with Crippen molar-refractivity contribution in [3.8, 4) is 5.69 Å². The Morgan fingerprint density at radius 2 is 2.07 bits per heavy atom. The molecule has 1 fully saturated rings. The third-order valence-corrected chi connectivity index (χ3v) is 5.50. The molecule has 2 aromatic heterocycles. The first-order chi connectivity index (χ1) is 14.5. The van der Waals surface area contributed by atoms with Gasteiger partial charge in [0.1, 0.15) is 11.9 Å². The lowest BCUT2D eigenvalue weighted by molar-refractivity contribution is -0.136. The lowest BCUT2D eigenvalue weighted by Gasteiger charge is -2.15. The summed E-state index contributed by atoms with van der Waals surface area (Å²) in [5, 5.41) is 24.2. The van der Waals surface area contributed by atoms with E-state index in [1.165, 1.54) is 23.6 Å². The van der Waals surface area contributed by atoms with Gasteiger partial charge in [-0.05, 0) is 43.0 Å². The molecule has 0 amide bonds. The Hall–Kier alpha value is -2.84. The molecule has 1 aromatic carbocycles. The molecule has 8 heteroatoms. The number of aliphatic hydroxyl groups excluding tert-OH is 1. The zero-order valence-corrected chi connectivity index (χ0v) is 16.5. The number of ether oxygens (including phenoxy) is 1. The molecule has 7 nitrogen and oxygen atoms in total. The maximum absolute atomic E-state index is 14.4. The van der Waals surface area contributed by atoms with Gasteiger partial charge in [-0.25, -0.2) is 14.1 Å². The summed E-state index contributed by atoms with van der Waals surface area (Å²) in [6.07, 6.45) is 7.10. The molecule has 2 N–H and O–H groups in total. The molecule has 1 atom stereocenters. The average molecular weight is 413 g/mol. The molecule has 158 valence electrons. The Balaban J connectivity index is 1.50. The molecule has 3 aromatic rings. The smallest absolute Gasteiger partial charge is 0.303 e. The zero-order valence-electron chi connectivity index (χ0n) is 16.5. The highest BCUT2D eigenvalue weighted by atomic mass is 19.1. The van der Waals surface area contributed by atoms with E-state index in [1.807, 2.05) is 6.07 Å². The van der Waals surface area contributed by atoms with E-state index >= 15 is 0 Å². The van der Waals surface area contributed by atoms with Crippen LogP contribution in [0.15, 0.2) is 36.7 Å². The maximum atomic E-state index is 14.4. The second-order valence-corrected chi connectivity index (χ2v) is 7.66. The number of rotatable bonds is 8. The van der Waals surface area contributed by atoms with Gasteiger partial charge in [0.05, 0.1) is 24.6 Å². The molecule has 0 unspecified atom stereocenters. The number of aliphatic carboxylic acids is 1. The van der Waals surface area contributed by atoms with Crippen LogP contribution in [0.4, 0.5) is 4.39 Å². The van der Waals surface area contributed by atoms with Crippen LogP contribution in [0.3, 0.4) is 0 Å². The number of carboxylic acid groups (broad SMARTS) is 1. The number of carboxylic acids is 1. The minimum atomic E-state index is -0.965. The second-order valence-electron chi connectivity index (χ2n) is 7.66. The van der Waals surface area contributed by atoms with Crippen LogP contribution >= 0.6 is 0 Å². The first kappa shape index (κ1) is 20.4. The van der Waals surface area contributed by atoms with Crippen LogP contribution in [0.1, 0.15) is 49.3 Å². The van der Waals surface area contributed by atoms with Gasteiger partial charge in [0.2, 0.25) is 0 Å². The summed E-state index contributed by atoms with van der Waals surface area (Å²) in [6, 6.07) is 6.39. The third kappa shape index (κ3) is 4.49. The Morgan fingerprint density at radius 1 is 1.27 bits per heavy atom. The fourth-order valence-electron chi connectivity index (χ4n) is 3.80. The van der Waals surface area contributed by atoms with Crippen molar-refractivity contribution in [2.75, 3.05) is 6.61 Å². The van der Waals surface area contributed by atoms with Gasteiger partial charge >= 0.3 is 5.97 Å². The molecule has 0 radical (unpaired) electrons. The highest BCUT2D eigenvalue weighted by molar-refractivity contribution is 5.77. The third-order valence-electron chi connectivity index (χ3n) is 5.50. The number of nitrogens with zero attached hydrogens (tertiary/aromatic N) is 3. The Morgan fingerprint density at radius 3 is 2.80 bits per heavy atom. The molecule has 4 rings (SSSR count). The number of aromatic nitrogens is 3. The minimum Gasteiger partial charge on any atom is -0.481 e. The van der Waals surface area contributed by atoms with Crippen LogP contribution in [0, 0.1) is 5.82 Å². The molecule has 1 saturated carbocycles. The number of fused-ring (bicyclic) bond motifs is 1. The van der Waals surface area contributed by atoms with Gasteiger partial charge in [-0.3, -0.25) is 4.79 Å². The van der Waals surface area contributed by atoms with E-state index in [0.29, 0.717) is 22.5 Å². The van der Waals surface area contributed by atoms with Crippen LogP contribution in [0.25, 0.3) is 16.7 Å². The maximum Gasteiger partial charge on any atom is 0.303 e. The second kappa shape index (κ2) is 8.89. The SMILES string of the molecule is O=C(O)CCc1ccc(-n2ncc3cc([C@@H](O)COC4CCCC4)cnc32)cc1F. The summed E-state index contributed by atoms with van der Waals surface area (Å²) in [7, 11) is 0. The Kier molecular flexibility index (Phi) is 6.06. The van der Waals surface area contributed by atoms with Crippen molar-refractivity contribution in [3.63, 3.8) is 0 Å². The van der Waals surface area contributed by atoms with E-state index in [1.54, 1.807) is 24.5 Å². The van der Waals surface area contributed by atoms with Crippen molar-refractivity contribution in [1.82, 2.24) is 14.8 Å². The molecule has 2 heterocycles. The van der Waals surface area contributed by atoms with Gasteiger partial charge < -0.3 is 14.9 Å². The first-order valence-electron chi connectivity index (χ1n) is 10.1. The van der Waals surface area contributed by atoms with Crippen molar-refractivity contribution >= 4 is 17.0 Å². The first-order valence-corrected chi connectivity index (χ1v) is 10.1. The van der Waals surface area contributed by atoms with E-state index in [-0.39, 0.29) is 25.6 Å². The summed E-state index contributed by atoms with van der Waals surface area (Å²) >= 11 is 0. The fraction of sp³-hybridized carbons (Fsp3) is 0.409. The van der Waals surface area contributed by atoms with Gasteiger partial charge in [-0.15, -0.1) is 0 Å². The number of benzene rings is 1. The molecular weight excluding hydrogens is 389 g/mol. The number of hydrogen-bond donors (Lipinski definition) is 2. The van der Waals surface area contributed by atoms with E-state index < -0.39 is 17.9 Å². The molecular formula is C22H24FN3O4. The predicted molar refractivity (Wildman–Crippen MR) is 108 cm³/mol. The molecule has 0 aliphatic heterocycles. The van der Waals surface area contributed by atoms with Crippen LogP contribution in [0.5, 0.6) is 0 Å². The zero-order chi connectivity index (χ0) is 21.1. The number of pyridine rings is 1. The van der Waals surface area contributed by atoms with Crippen LogP contribution < -0.4 is 0 Å². The summed E-state index contributed by atoms with van der Waals surface area (Å²) < 4.78 is 21.7. The van der Waals surface area contributed by atoms with E-state index in [9.17, 15) is 14.3 Å². The standard InChI is InChI=1S/C22H24FN3O4/c23-19-10-17(7-5-14(19)6-8-21(28)29)26-22-16(12-25-26)9-15(11-24-22)20(27)13-30-18-3-1-2-4-18/h5,7,9-12,18,20,27H,1-4,6,8,13H2,(H,28,29)/t20-/m0/s1. The van der Waals surface area contributed by atoms with Crippen molar-refractivity contribution < 1.29 is 24.1 Å².